The summed E-state index contributed by atoms with van der Waals surface area (Å²) >= 11 is 6.90. The summed E-state index contributed by atoms with van der Waals surface area (Å²) in [4.78, 5) is 0.979. The van der Waals surface area contributed by atoms with Crippen molar-refractivity contribution < 1.29 is 0 Å². The molecule has 1 unspecified atom stereocenters. The van der Waals surface area contributed by atoms with Crippen LogP contribution < -0.4 is 10.6 Å². The first-order chi connectivity index (χ1) is 13.6. The second kappa shape index (κ2) is 34.2. The van der Waals surface area contributed by atoms with Crippen molar-refractivity contribution >= 4 is 42.9 Å². The van der Waals surface area contributed by atoms with Gasteiger partial charge in [0.25, 0.3) is 0 Å². The van der Waals surface area contributed by atoms with Crippen LogP contribution in [0.2, 0.25) is 0 Å². The largest absolute Gasteiger partial charge is 0.383 e. The standard InChI is InChI=1S/C12H17PS.C6H13NS.3C2H6/c1-11(2)10-14-9-8-13-12-6-4-3-5-7-12;1-3-4-5-6(8)7-2;3*1-2/h3-7,13H,1,8-10H2,2H3;3-5H2,1-2H3,(H,7,8);3*1-2H3. The van der Waals surface area contributed by atoms with E-state index in [0.29, 0.717) is 0 Å². The van der Waals surface area contributed by atoms with Crippen molar-refractivity contribution in [2.75, 3.05) is 24.7 Å². The van der Waals surface area contributed by atoms with Crippen LogP contribution in [0.15, 0.2) is 42.5 Å². The third-order valence-corrected chi connectivity index (χ3v) is 5.94. The van der Waals surface area contributed by atoms with Crippen molar-refractivity contribution in [3.63, 3.8) is 0 Å². The molecule has 0 radical (unpaired) electrons. The van der Waals surface area contributed by atoms with E-state index in [1.807, 2.05) is 60.4 Å². The molecule has 1 atom stereocenters. The monoisotopic (exact) mass is 445 g/mol. The first kappa shape index (κ1) is 35.1. The van der Waals surface area contributed by atoms with E-state index < -0.39 is 0 Å². The molecule has 0 aliphatic rings. The molecule has 1 aromatic carbocycles. The molecule has 0 saturated heterocycles. The van der Waals surface area contributed by atoms with Gasteiger partial charge in [-0.05, 0) is 37.0 Å². The minimum absolute atomic E-state index is 0.957. The van der Waals surface area contributed by atoms with E-state index in [1.54, 1.807) is 0 Å². The van der Waals surface area contributed by atoms with Crippen LogP contribution in [0.25, 0.3) is 0 Å². The minimum atomic E-state index is 0.957. The molecule has 0 saturated carbocycles. The van der Waals surface area contributed by atoms with Crippen LogP contribution in [0, 0.1) is 0 Å². The van der Waals surface area contributed by atoms with Gasteiger partial charge in [-0.3, -0.25) is 0 Å². The van der Waals surface area contributed by atoms with E-state index in [2.05, 4.69) is 56.1 Å². The lowest BCUT2D eigenvalue weighted by Crippen LogP contribution is -2.14. The molecule has 1 N–H and O–H groups in total. The number of rotatable bonds is 9. The Morgan fingerprint density at radius 3 is 2.04 bits per heavy atom. The molecular formula is C24H48NPS2. The summed E-state index contributed by atoms with van der Waals surface area (Å²) in [6.07, 6.45) is 4.77. The van der Waals surface area contributed by atoms with Gasteiger partial charge in [0.05, 0.1) is 4.99 Å². The van der Waals surface area contributed by atoms with Crippen LogP contribution >= 0.6 is 32.6 Å². The summed E-state index contributed by atoms with van der Waals surface area (Å²) in [5.41, 5.74) is 1.28. The maximum atomic E-state index is 4.91. The molecular weight excluding hydrogens is 397 g/mol. The molecule has 0 fully saturated rings. The SMILES string of the molecule is C=C(C)CSCCPc1ccccc1.CC.CC.CC.CCCCC(=S)NC. The van der Waals surface area contributed by atoms with Crippen molar-refractivity contribution in [2.24, 2.45) is 0 Å². The minimum Gasteiger partial charge on any atom is -0.383 e. The van der Waals surface area contributed by atoms with Crippen LogP contribution in [0.5, 0.6) is 0 Å². The molecule has 4 heteroatoms. The van der Waals surface area contributed by atoms with Crippen LogP contribution in [0.1, 0.15) is 74.7 Å². The zero-order valence-corrected chi connectivity index (χ0v) is 22.8. The van der Waals surface area contributed by atoms with Gasteiger partial charge in [-0.2, -0.15) is 11.8 Å². The van der Waals surface area contributed by atoms with Gasteiger partial charge in [-0.15, -0.1) is 0 Å². The van der Waals surface area contributed by atoms with E-state index >= 15 is 0 Å². The summed E-state index contributed by atoms with van der Waals surface area (Å²) in [5, 5.41) is 4.41. The summed E-state index contributed by atoms with van der Waals surface area (Å²) < 4.78 is 0. The van der Waals surface area contributed by atoms with E-state index in [1.165, 1.54) is 35.6 Å². The van der Waals surface area contributed by atoms with Crippen molar-refractivity contribution in [3.05, 3.63) is 42.5 Å². The second-order valence-corrected chi connectivity index (χ2v) is 8.11. The van der Waals surface area contributed by atoms with E-state index in [0.717, 1.165) is 25.7 Å². The average Bonchev–Trinajstić information content (AvgIpc) is 2.77. The maximum Gasteiger partial charge on any atom is 0.0750 e. The molecule has 28 heavy (non-hydrogen) atoms. The fourth-order valence-electron chi connectivity index (χ4n) is 1.53. The van der Waals surface area contributed by atoms with Crippen LogP contribution in [0.3, 0.4) is 0 Å². The highest BCUT2D eigenvalue weighted by Gasteiger charge is 1.92. The molecule has 1 aromatic rings. The lowest BCUT2D eigenvalue weighted by molar-refractivity contribution is 0.827. The quantitative estimate of drug-likeness (QED) is 0.178. The predicted molar refractivity (Wildman–Crippen MR) is 147 cm³/mol. The topological polar surface area (TPSA) is 12.0 Å². The Labute approximate surface area is 189 Å². The van der Waals surface area contributed by atoms with Gasteiger partial charge < -0.3 is 5.32 Å². The molecule has 0 amide bonds. The van der Waals surface area contributed by atoms with Crippen molar-refractivity contribution in [3.8, 4) is 0 Å². The highest BCUT2D eigenvalue weighted by atomic mass is 32.2. The Morgan fingerprint density at radius 1 is 1.07 bits per heavy atom. The number of thiocarbonyl (C=S) groups is 1. The summed E-state index contributed by atoms with van der Waals surface area (Å²) in [5.74, 6) is 2.36. The molecule has 0 heterocycles. The number of benzene rings is 1. The second-order valence-electron chi connectivity index (χ2n) is 5.08. The normalized spacial score (nSPS) is 8.61. The summed E-state index contributed by atoms with van der Waals surface area (Å²) in [6.45, 7) is 20.1. The zero-order valence-electron chi connectivity index (χ0n) is 20.2. The van der Waals surface area contributed by atoms with Gasteiger partial charge in [-0.25, -0.2) is 0 Å². The molecule has 0 aliphatic carbocycles. The number of nitrogens with one attached hydrogen (secondary N) is 1. The van der Waals surface area contributed by atoms with Gasteiger partial charge in [-0.1, -0.05) is 118 Å². The maximum absolute atomic E-state index is 4.91. The van der Waals surface area contributed by atoms with E-state index in [9.17, 15) is 0 Å². The highest BCUT2D eigenvalue weighted by Crippen LogP contribution is 2.14. The van der Waals surface area contributed by atoms with Gasteiger partial charge in [0.15, 0.2) is 0 Å². The number of unbranched alkanes of at least 4 members (excludes halogenated alkanes) is 1. The van der Waals surface area contributed by atoms with Crippen LogP contribution in [0.4, 0.5) is 0 Å². The highest BCUT2D eigenvalue weighted by molar-refractivity contribution is 7.99. The Balaban J connectivity index is -0.000000176. The smallest absolute Gasteiger partial charge is 0.0750 e. The number of hydrogen-bond acceptors (Lipinski definition) is 2. The Kier molecular flexibility index (Phi) is 42.8. The molecule has 1 nitrogen and oxygen atoms in total. The summed E-state index contributed by atoms with van der Waals surface area (Å²) in [7, 11) is 2.83. The Morgan fingerprint density at radius 2 is 1.61 bits per heavy atom. The molecule has 0 spiro atoms. The van der Waals surface area contributed by atoms with Crippen molar-refractivity contribution in [1.82, 2.24) is 5.32 Å². The first-order valence-electron chi connectivity index (χ1n) is 10.8. The zero-order chi connectivity index (χ0) is 22.6. The predicted octanol–water partition coefficient (Wildman–Crippen LogP) is 8.10. The Hall–Kier alpha value is -0.370. The molecule has 1 rings (SSSR count). The van der Waals surface area contributed by atoms with E-state index in [-0.39, 0.29) is 0 Å². The van der Waals surface area contributed by atoms with Gasteiger partial charge in [0, 0.05) is 12.8 Å². The van der Waals surface area contributed by atoms with Crippen molar-refractivity contribution in [1.29, 1.82) is 0 Å². The first-order valence-corrected chi connectivity index (χ1v) is 13.6. The van der Waals surface area contributed by atoms with Gasteiger partial charge >= 0.3 is 0 Å². The molecule has 166 valence electrons. The fraction of sp³-hybridized carbons (Fsp3) is 0.625. The lowest BCUT2D eigenvalue weighted by atomic mass is 10.2. The molecule has 0 bridgehead atoms. The van der Waals surface area contributed by atoms with Crippen molar-refractivity contribution in [2.45, 2.75) is 74.7 Å². The lowest BCUT2D eigenvalue weighted by Gasteiger charge is -2.01. The average molecular weight is 446 g/mol. The fourth-order valence-corrected chi connectivity index (χ4v) is 3.87. The van der Waals surface area contributed by atoms with Crippen LogP contribution in [-0.2, 0) is 0 Å². The number of thioether (sulfide) groups is 1. The third-order valence-electron chi connectivity index (χ3n) is 2.73. The molecule has 0 aromatic heterocycles. The molecule has 0 aliphatic heterocycles. The van der Waals surface area contributed by atoms with Gasteiger partial charge in [0.2, 0.25) is 0 Å². The number of hydrogen-bond donors (Lipinski definition) is 1. The van der Waals surface area contributed by atoms with E-state index in [4.69, 9.17) is 12.2 Å². The third kappa shape index (κ3) is 33.2. The summed E-state index contributed by atoms with van der Waals surface area (Å²) in [6, 6.07) is 10.7. The Bertz CT molecular complexity index is 408. The van der Waals surface area contributed by atoms with Crippen LogP contribution in [-0.4, -0.2) is 29.7 Å². The van der Waals surface area contributed by atoms with Gasteiger partial charge in [0.1, 0.15) is 0 Å².